The van der Waals surface area contributed by atoms with Gasteiger partial charge in [0.2, 0.25) is 5.88 Å². The fraction of sp³-hybridized carbons (Fsp3) is 0.111. The number of hydrogen-bond donors (Lipinski definition) is 1. The first-order chi connectivity index (χ1) is 11.7. The van der Waals surface area contributed by atoms with Crippen molar-refractivity contribution < 1.29 is 9.47 Å². The van der Waals surface area contributed by atoms with E-state index in [9.17, 15) is 0 Å². The summed E-state index contributed by atoms with van der Waals surface area (Å²) in [6.45, 7) is 0. The molecule has 6 heteroatoms. The Kier molecular flexibility index (Phi) is 4.47. The van der Waals surface area contributed by atoms with Crippen LogP contribution in [-0.4, -0.2) is 24.1 Å². The predicted octanol–water partition coefficient (Wildman–Crippen LogP) is 3.63. The molecule has 0 bridgehead atoms. The van der Waals surface area contributed by atoms with Crippen LogP contribution in [0, 0.1) is 0 Å². The van der Waals surface area contributed by atoms with E-state index in [2.05, 4.69) is 9.97 Å². The SMILES string of the molecule is COc1ccc(Oc2ncnc(N(C)c3ccccc3)c2N)cc1. The van der Waals surface area contributed by atoms with Gasteiger partial charge >= 0.3 is 0 Å². The molecule has 0 radical (unpaired) electrons. The molecule has 0 amide bonds. The lowest BCUT2D eigenvalue weighted by atomic mass is 10.3. The molecule has 2 aromatic carbocycles. The molecule has 0 saturated heterocycles. The smallest absolute Gasteiger partial charge is 0.248 e. The summed E-state index contributed by atoms with van der Waals surface area (Å²) >= 11 is 0. The Bertz CT molecular complexity index is 807. The fourth-order valence-electron chi connectivity index (χ4n) is 2.25. The van der Waals surface area contributed by atoms with Crippen LogP contribution in [0.5, 0.6) is 17.4 Å². The van der Waals surface area contributed by atoms with Crippen LogP contribution in [0.2, 0.25) is 0 Å². The van der Waals surface area contributed by atoms with Crippen LogP contribution in [-0.2, 0) is 0 Å². The van der Waals surface area contributed by atoms with Gasteiger partial charge in [-0.05, 0) is 36.4 Å². The number of benzene rings is 2. The first-order valence-electron chi connectivity index (χ1n) is 7.40. The molecule has 122 valence electrons. The summed E-state index contributed by atoms with van der Waals surface area (Å²) in [5.74, 6) is 2.27. The van der Waals surface area contributed by atoms with Gasteiger partial charge in [-0.2, -0.15) is 4.98 Å². The maximum Gasteiger partial charge on any atom is 0.248 e. The highest BCUT2D eigenvalue weighted by Gasteiger charge is 2.15. The highest BCUT2D eigenvalue weighted by molar-refractivity contribution is 5.74. The Hall–Kier alpha value is -3.28. The summed E-state index contributed by atoms with van der Waals surface area (Å²) in [5.41, 5.74) is 7.55. The fourth-order valence-corrected chi connectivity index (χ4v) is 2.25. The molecule has 0 aliphatic rings. The summed E-state index contributed by atoms with van der Waals surface area (Å²) in [6, 6.07) is 17.0. The van der Waals surface area contributed by atoms with Crippen LogP contribution in [0.25, 0.3) is 0 Å². The van der Waals surface area contributed by atoms with E-state index >= 15 is 0 Å². The summed E-state index contributed by atoms with van der Waals surface area (Å²) in [4.78, 5) is 10.3. The minimum absolute atomic E-state index is 0.313. The van der Waals surface area contributed by atoms with Gasteiger partial charge in [-0.25, -0.2) is 4.98 Å². The van der Waals surface area contributed by atoms with E-state index in [1.165, 1.54) is 6.33 Å². The van der Waals surface area contributed by atoms with Crippen molar-refractivity contribution >= 4 is 17.2 Å². The Labute approximate surface area is 140 Å². The molecule has 1 aromatic heterocycles. The number of nitrogens with two attached hydrogens (primary N) is 1. The standard InChI is InChI=1S/C18H18N4O2/c1-22(13-6-4-3-5-7-13)17-16(19)18(21-12-20-17)24-15-10-8-14(23-2)9-11-15/h3-12H,19H2,1-2H3. The normalized spacial score (nSPS) is 10.2. The zero-order valence-electron chi connectivity index (χ0n) is 13.5. The Morgan fingerprint density at radius 2 is 1.58 bits per heavy atom. The second-order valence-corrected chi connectivity index (χ2v) is 5.09. The number of ether oxygens (including phenoxy) is 2. The minimum Gasteiger partial charge on any atom is -0.497 e. The Morgan fingerprint density at radius 3 is 2.25 bits per heavy atom. The summed E-state index contributed by atoms with van der Waals surface area (Å²) < 4.78 is 10.9. The largest absolute Gasteiger partial charge is 0.497 e. The third-order valence-corrected chi connectivity index (χ3v) is 3.56. The van der Waals surface area contributed by atoms with E-state index in [0.717, 1.165) is 11.4 Å². The first kappa shape index (κ1) is 15.6. The maximum atomic E-state index is 6.21. The van der Waals surface area contributed by atoms with Crippen LogP contribution >= 0.6 is 0 Å². The third kappa shape index (κ3) is 3.22. The number of anilines is 3. The molecule has 24 heavy (non-hydrogen) atoms. The predicted molar refractivity (Wildman–Crippen MR) is 94.0 cm³/mol. The molecule has 6 nitrogen and oxygen atoms in total. The molecule has 0 saturated carbocycles. The number of rotatable bonds is 5. The number of para-hydroxylation sites is 1. The van der Waals surface area contributed by atoms with Crippen molar-refractivity contribution in [2.75, 3.05) is 24.8 Å². The van der Waals surface area contributed by atoms with E-state index in [1.54, 1.807) is 19.2 Å². The van der Waals surface area contributed by atoms with Crippen molar-refractivity contribution in [3.05, 3.63) is 60.9 Å². The molecule has 0 fully saturated rings. The first-order valence-corrected chi connectivity index (χ1v) is 7.40. The van der Waals surface area contributed by atoms with Crippen LogP contribution in [0.4, 0.5) is 17.2 Å². The van der Waals surface area contributed by atoms with E-state index in [4.69, 9.17) is 15.2 Å². The van der Waals surface area contributed by atoms with Gasteiger partial charge in [-0.15, -0.1) is 0 Å². The van der Waals surface area contributed by atoms with Crippen LogP contribution in [0.15, 0.2) is 60.9 Å². The van der Waals surface area contributed by atoms with Gasteiger partial charge < -0.3 is 20.1 Å². The summed E-state index contributed by atoms with van der Waals surface area (Å²) in [7, 11) is 3.51. The highest BCUT2D eigenvalue weighted by atomic mass is 16.5. The van der Waals surface area contributed by atoms with E-state index in [0.29, 0.717) is 23.1 Å². The van der Waals surface area contributed by atoms with Gasteiger partial charge in [0, 0.05) is 12.7 Å². The lowest BCUT2D eigenvalue weighted by molar-refractivity contribution is 0.412. The van der Waals surface area contributed by atoms with Gasteiger partial charge in [-0.1, -0.05) is 18.2 Å². The van der Waals surface area contributed by atoms with Crippen molar-refractivity contribution in [1.29, 1.82) is 0 Å². The molecule has 3 aromatic rings. The van der Waals surface area contributed by atoms with Gasteiger partial charge in [0.25, 0.3) is 0 Å². The van der Waals surface area contributed by atoms with Crippen molar-refractivity contribution in [3.63, 3.8) is 0 Å². The average Bonchev–Trinajstić information content (AvgIpc) is 2.64. The van der Waals surface area contributed by atoms with Gasteiger partial charge in [0.05, 0.1) is 7.11 Å². The maximum absolute atomic E-state index is 6.21. The third-order valence-electron chi connectivity index (χ3n) is 3.56. The van der Waals surface area contributed by atoms with Gasteiger partial charge in [0.1, 0.15) is 23.5 Å². The molecule has 0 atom stereocenters. The highest BCUT2D eigenvalue weighted by Crippen LogP contribution is 2.34. The van der Waals surface area contributed by atoms with Gasteiger partial charge in [-0.3, -0.25) is 0 Å². The van der Waals surface area contributed by atoms with Crippen LogP contribution in [0.1, 0.15) is 0 Å². The van der Waals surface area contributed by atoms with Crippen LogP contribution < -0.4 is 20.1 Å². The van der Waals surface area contributed by atoms with E-state index in [-0.39, 0.29) is 0 Å². The Balaban J connectivity index is 1.87. The number of hydrogen-bond acceptors (Lipinski definition) is 6. The molecule has 0 unspecified atom stereocenters. The molecular formula is C18H18N4O2. The number of nitrogens with zero attached hydrogens (tertiary/aromatic N) is 3. The minimum atomic E-state index is 0.313. The van der Waals surface area contributed by atoms with Crippen LogP contribution in [0.3, 0.4) is 0 Å². The van der Waals surface area contributed by atoms with E-state index < -0.39 is 0 Å². The zero-order valence-corrected chi connectivity index (χ0v) is 13.5. The quantitative estimate of drug-likeness (QED) is 0.773. The van der Waals surface area contributed by atoms with Crippen molar-refractivity contribution in [2.24, 2.45) is 0 Å². The van der Waals surface area contributed by atoms with Crippen molar-refractivity contribution in [3.8, 4) is 17.4 Å². The number of nitrogen functional groups attached to an aromatic ring is 1. The summed E-state index contributed by atoms with van der Waals surface area (Å²) in [6.07, 6.45) is 1.43. The Morgan fingerprint density at radius 1 is 0.917 bits per heavy atom. The molecule has 0 aliphatic heterocycles. The lowest BCUT2D eigenvalue weighted by Gasteiger charge is -2.20. The monoisotopic (exact) mass is 322 g/mol. The molecule has 0 spiro atoms. The molecule has 1 heterocycles. The molecule has 3 rings (SSSR count). The zero-order chi connectivity index (χ0) is 16.9. The topological polar surface area (TPSA) is 73.5 Å². The number of methoxy groups -OCH3 is 1. The van der Waals surface area contributed by atoms with Crippen molar-refractivity contribution in [1.82, 2.24) is 9.97 Å². The summed E-state index contributed by atoms with van der Waals surface area (Å²) in [5, 5.41) is 0. The van der Waals surface area contributed by atoms with Crippen molar-refractivity contribution in [2.45, 2.75) is 0 Å². The van der Waals surface area contributed by atoms with Gasteiger partial charge in [0.15, 0.2) is 5.82 Å². The molecule has 0 aliphatic carbocycles. The second kappa shape index (κ2) is 6.87. The average molecular weight is 322 g/mol. The lowest BCUT2D eigenvalue weighted by Crippen LogP contribution is -2.14. The second-order valence-electron chi connectivity index (χ2n) is 5.09. The molecular weight excluding hydrogens is 304 g/mol. The number of aromatic nitrogens is 2. The van der Waals surface area contributed by atoms with E-state index in [1.807, 2.05) is 54.4 Å². The molecule has 2 N–H and O–H groups in total.